The number of aryl methyl sites for hydroxylation is 2. The van der Waals surface area contributed by atoms with Gasteiger partial charge in [0.05, 0.1) is 5.69 Å². The molecular formula is C18H18BrNO. The molecule has 2 aromatic carbocycles. The van der Waals surface area contributed by atoms with Gasteiger partial charge in [0.1, 0.15) is 0 Å². The lowest BCUT2D eigenvalue weighted by atomic mass is 9.96. The summed E-state index contributed by atoms with van der Waals surface area (Å²) in [7, 11) is 1.77. The molecule has 0 aliphatic carbocycles. The molecule has 1 amide bonds. The molecule has 0 aromatic heterocycles. The number of halogens is 1. The molecule has 21 heavy (non-hydrogen) atoms. The van der Waals surface area contributed by atoms with Gasteiger partial charge in [-0.05, 0) is 58.6 Å². The molecule has 2 aromatic rings. The maximum Gasteiger partial charge on any atom is 0.258 e. The first-order valence-electron chi connectivity index (χ1n) is 6.71. The van der Waals surface area contributed by atoms with Crippen LogP contribution in [-0.2, 0) is 4.79 Å². The Bertz CT molecular complexity index is 686. The van der Waals surface area contributed by atoms with Crippen LogP contribution in [0.4, 0.5) is 5.69 Å². The SMILES string of the molecule is C=C(C(=O)N(C)c1ccccc1Br)c1c(C)cccc1C. The van der Waals surface area contributed by atoms with E-state index in [0.717, 1.165) is 26.9 Å². The largest absolute Gasteiger partial charge is 0.310 e. The molecule has 0 saturated carbocycles. The molecule has 0 spiro atoms. The predicted octanol–water partition coefficient (Wildman–Crippen LogP) is 4.74. The molecule has 2 nitrogen and oxygen atoms in total. The normalized spacial score (nSPS) is 10.3. The predicted molar refractivity (Wildman–Crippen MR) is 92.5 cm³/mol. The zero-order valence-corrected chi connectivity index (χ0v) is 14.1. The molecule has 0 bridgehead atoms. The summed E-state index contributed by atoms with van der Waals surface area (Å²) in [4.78, 5) is 14.3. The average molecular weight is 344 g/mol. The van der Waals surface area contributed by atoms with Gasteiger partial charge in [-0.1, -0.05) is 36.9 Å². The Morgan fingerprint density at radius 2 is 1.62 bits per heavy atom. The molecular weight excluding hydrogens is 326 g/mol. The molecule has 0 aliphatic rings. The average Bonchev–Trinajstić information content (AvgIpc) is 2.46. The minimum absolute atomic E-state index is 0.0979. The first-order valence-corrected chi connectivity index (χ1v) is 7.51. The van der Waals surface area contributed by atoms with E-state index >= 15 is 0 Å². The fourth-order valence-electron chi connectivity index (χ4n) is 2.43. The summed E-state index contributed by atoms with van der Waals surface area (Å²) in [6, 6.07) is 13.6. The highest BCUT2D eigenvalue weighted by Crippen LogP contribution is 2.29. The summed E-state index contributed by atoms with van der Waals surface area (Å²) in [5.74, 6) is -0.0979. The molecule has 2 rings (SSSR count). The van der Waals surface area contributed by atoms with Crippen molar-refractivity contribution in [3.8, 4) is 0 Å². The highest BCUT2D eigenvalue weighted by Gasteiger charge is 2.19. The molecule has 0 unspecified atom stereocenters. The van der Waals surface area contributed by atoms with Crippen molar-refractivity contribution in [3.05, 3.63) is 70.2 Å². The van der Waals surface area contributed by atoms with E-state index < -0.39 is 0 Å². The topological polar surface area (TPSA) is 20.3 Å². The first kappa shape index (κ1) is 15.5. The van der Waals surface area contributed by atoms with Gasteiger partial charge in [0.15, 0.2) is 0 Å². The number of hydrogen-bond acceptors (Lipinski definition) is 1. The van der Waals surface area contributed by atoms with Crippen LogP contribution in [0.1, 0.15) is 16.7 Å². The van der Waals surface area contributed by atoms with Crippen LogP contribution in [0.3, 0.4) is 0 Å². The second-order valence-corrected chi connectivity index (χ2v) is 5.92. The van der Waals surface area contributed by atoms with Crippen molar-refractivity contribution in [3.63, 3.8) is 0 Å². The molecule has 0 saturated heterocycles. The summed E-state index contributed by atoms with van der Waals surface area (Å²) >= 11 is 3.48. The molecule has 3 heteroatoms. The summed E-state index contributed by atoms with van der Waals surface area (Å²) < 4.78 is 0.884. The van der Waals surface area contributed by atoms with Crippen LogP contribution in [0.15, 0.2) is 53.5 Å². The Kier molecular flexibility index (Phi) is 4.63. The van der Waals surface area contributed by atoms with Gasteiger partial charge in [0.2, 0.25) is 0 Å². The van der Waals surface area contributed by atoms with E-state index in [4.69, 9.17) is 0 Å². The fourth-order valence-corrected chi connectivity index (χ4v) is 2.98. The van der Waals surface area contributed by atoms with Crippen molar-refractivity contribution in [2.24, 2.45) is 0 Å². The van der Waals surface area contributed by atoms with Crippen molar-refractivity contribution < 1.29 is 4.79 Å². The van der Waals surface area contributed by atoms with Gasteiger partial charge in [0.25, 0.3) is 5.91 Å². The summed E-state index contributed by atoms with van der Waals surface area (Å²) in [5, 5.41) is 0. The van der Waals surface area contributed by atoms with Crippen molar-refractivity contribution in [2.45, 2.75) is 13.8 Å². The Morgan fingerprint density at radius 3 is 2.19 bits per heavy atom. The molecule has 0 atom stereocenters. The maximum absolute atomic E-state index is 12.7. The first-order chi connectivity index (χ1) is 9.93. The highest BCUT2D eigenvalue weighted by atomic mass is 79.9. The number of para-hydroxylation sites is 1. The van der Waals surface area contributed by atoms with Crippen LogP contribution in [0, 0.1) is 13.8 Å². The molecule has 0 aliphatic heterocycles. The van der Waals surface area contributed by atoms with E-state index in [2.05, 4.69) is 22.5 Å². The Hall–Kier alpha value is -1.87. The van der Waals surface area contributed by atoms with Crippen LogP contribution in [0.25, 0.3) is 5.57 Å². The van der Waals surface area contributed by atoms with Gasteiger partial charge in [-0.15, -0.1) is 0 Å². The molecule has 0 fully saturated rings. The number of rotatable bonds is 3. The quantitative estimate of drug-likeness (QED) is 0.737. The summed E-state index contributed by atoms with van der Waals surface area (Å²) in [6.07, 6.45) is 0. The second kappa shape index (κ2) is 6.27. The van der Waals surface area contributed by atoms with E-state index in [1.807, 2.05) is 56.3 Å². The maximum atomic E-state index is 12.7. The van der Waals surface area contributed by atoms with Crippen molar-refractivity contribution in [2.75, 3.05) is 11.9 Å². The lowest BCUT2D eigenvalue weighted by Gasteiger charge is -2.21. The summed E-state index contributed by atoms with van der Waals surface area (Å²) in [5.41, 5.74) is 4.41. The number of anilines is 1. The van der Waals surface area contributed by atoms with E-state index in [1.54, 1.807) is 11.9 Å². The number of nitrogens with zero attached hydrogens (tertiary/aromatic N) is 1. The number of benzene rings is 2. The van der Waals surface area contributed by atoms with Gasteiger partial charge >= 0.3 is 0 Å². The van der Waals surface area contributed by atoms with Crippen LogP contribution in [0.5, 0.6) is 0 Å². The third-order valence-electron chi connectivity index (χ3n) is 3.56. The van der Waals surface area contributed by atoms with Gasteiger partial charge in [-0.3, -0.25) is 4.79 Å². The van der Waals surface area contributed by atoms with Crippen molar-refractivity contribution >= 4 is 33.1 Å². The minimum Gasteiger partial charge on any atom is -0.310 e. The zero-order valence-electron chi connectivity index (χ0n) is 12.5. The van der Waals surface area contributed by atoms with Crippen LogP contribution in [-0.4, -0.2) is 13.0 Å². The van der Waals surface area contributed by atoms with Gasteiger partial charge in [0, 0.05) is 17.1 Å². The highest BCUT2D eigenvalue weighted by molar-refractivity contribution is 9.10. The number of carbonyl (C=O) groups is 1. The Balaban J connectivity index is 2.36. The van der Waals surface area contributed by atoms with Crippen molar-refractivity contribution in [1.29, 1.82) is 0 Å². The van der Waals surface area contributed by atoms with E-state index in [0.29, 0.717) is 5.57 Å². The lowest BCUT2D eigenvalue weighted by Crippen LogP contribution is -2.27. The van der Waals surface area contributed by atoms with Crippen LogP contribution in [0.2, 0.25) is 0 Å². The van der Waals surface area contributed by atoms with Gasteiger partial charge < -0.3 is 4.90 Å². The van der Waals surface area contributed by atoms with E-state index in [9.17, 15) is 4.79 Å². The zero-order chi connectivity index (χ0) is 15.6. The second-order valence-electron chi connectivity index (χ2n) is 5.06. The monoisotopic (exact) mass is 343 g/mol. The van der Waals surface area contributed by atoms with E-state index in [-0.39, 0.29) is 5.91 Å². The lowest BCUT2D eigenvalue weighted by molar-refractivity contribution is -0.113. The Morgan fingerprint density at radius 1 is 1.05 bits per heavy atom. The summed E-state index contributed by atoms with van der Waals surface area (Å²) in [6.45, 7) is 8.01. The molecule has 108 valence electrons. The number of hydrogen-bond donors (Lipinski definition) is 0. The van der Waals surface area contributed by atoms with Crippen LogP contribution >= 0.6 is 15.9 Å². The minimum atomic E-state index is -0.0979. The number of amides is 1. The fraction of sp³-hybridized carbons (Fsp3) is 0.167. The third-order valence-corrected chi connectivity index (χ3v) is 4.23. The smallest absolute Gasteiger partial charge is 0.258 e. The number of likely N-dealkylation sites (N-methyl/N-ethyl adjacent to an activating group) is 1. The van der Waals surface area contributed by atoms with Gasteiger partial charge in [-0.25, -0.2) is 0 Å². The third kappa shape index (κ3) is 3.08. The molecule has 0 N–H and O–H groups in total. The Labute approximate surface area is 134 Å². The molecule has 0 radical (unpaired) electrons. The molecule has 0 heterocycles. The van der Waals surface area contributed by atoms with Gasteiger partial charge in [-0.2, -0.15) is 0 Å². The van der Waals surface area contributed by atoms with E-state index in [1.165, 1.54) is 0 Å². The standard InChI is InChI=1S/C18H18BrNO/c1-12-8-7-9-13(2)17(12)14(3)18(21)20(4)16-11-6-5-10-15(16)19/h5-11H,3H2,1-2,4H3. The number of carbonyl (C=O) groups excluding carboxylic acids is 1. The van der Waals surface area contributed by atoms with Crippen LogP contribution < -0.4 is 4.90 Å². The van der Waals surface area contributed by atoms with Crippen molar-refractivity contribution in [1.82, 2.24) is 0 Å².